The van der Waals surface area contributed by atoms with E-state index in [1.165, 1.54) is 0 Å². The van der Waals surface area contributed by atoms with Crippen LogP contribution < -0.4 is 0 Å². The summed E-state index contributed by atoms with van der Waals surface area (Å²) < 4.78 is 4.71. The average Bonchev–Trinajstić information content (AvgIpc) is 2.37. The summed E-state index contributed by atoms with van der Waals surface area (Å²) in [5, 5.41) is 0. The number of amides is 1. The lowest BCUT2D eigenvalue weighted by Gasteiger charge is -2.12. The Kier molecular flexibility index (Phi) is 2.76. The molecule has 0 aromatic rings. The molecular weight excluding hydrogens is 166 g/mol. The van der Waals surface area contributed by atoms with Crippen molar-refractivity contribution < 1.29 is 9.53 Å². The molecule has 0 aliphatic carbocycles. The second kappa shape index (κ2) is 3.62. The van der Waals surface area contributed by atoms with E-state index >= 15 is 0 Å². The van der Waals surface area contributed by atoms with Crippen molar-refractivity contribution in [3.8, 4) is 0 Å². The van der Waals surface area contributed by atoms with E-state index in [1.807, 2.05) is 0 Å². The highest BCUT2D eigenvalue weighted by Gasteiger charge is 2.21. The molecule has 0 saturated carbocycles. The van der Waals surface area contributed by atoms with Gasteiger partial charge in [-0.2, -0.15) is 0 Å². The average molecular weight is 176 g/mol. The lowest BCUT2D eigenvalue weighted by atomic mass is 10.3. The van der Waals surface area contributed by atoms with Crippen molar-refractivity contribution in [2.24, 2.45) is 0 Å². The van der Waals surface area contributed by atoms with E-state index in [4.69, 9.17) is 16.3 Å². The monoisotopic (exact) mass is 175 g/mol. The molecule has 1 rings (SSSR count). The van der Waals surface area contributed by atoms with E-state index in [0.29, 0.717) is 25.6 Å². The number of ether oxygens (including phenoxy) is 1. The minimum Gasteiger partial charge on any atom is -0.448 e. The molecule has 0 aromatic heterocycles. The van der Waals surface area contributed by atoms with Crippen molar-refractivity contribution >= 4 is 17.7 Å². The predicted octanol–water partition coefficient (Wildman–Crippen LogP) is 1.23. The predicted molar refractivity (Wildman–Crippen MR) is 42.8 cm³/mol. The number of alkyl halides is 1. The summed E-state index contributed by atoms with van der Waals surface area (Å²) >= 11 is 5.50. The fourth-order valence-electron chi connectivity index (χ4n) is 0.882. The zero-order valence-corrected chi connectivity index (χ0v) is 6.93. The molecule has 1 amide bonds. The molecule has 0 spiro atoms. The van der Waals surface area contributed by atoms with Gasteiger partial charge in [-0.25, -0.2) is 4.79 Å². The van der Waals surface area contributed by atoms with Crippen molar-refractivity contribution in [3.63, 3.8) is 0 Å². The van der Waals surface area contributed by atoms with Gasteiger partial charge < -0.3 is 9.64 Å². The van der Waals surface area contributed by atoms with Crippen LogP contribution in [-0.2, 0) is 4.74 Å². The molecule has 1 aliphatic heterocycles. The maximum atomic E-state index is 10.8. The summed E-state index contributed by atoms with van der Waals surface area (Å²) in [4.78, 5) is 12.4. The fraction of sp³-hybridized carbons (Fsp3) is 0.571. The van der Waals surface area contributed by atoms with Crippen LogP contribution in [0.1, 0.15) is 0 Å². The van der Waals surface area contributed by atoms with Gasteiger partial charge in [-0.05, 0) is 5.57 Å². The Morgan fingerprint density at radius 1 is 1.82 bits per heavy atom. The van der Waals surface area contributed by atoms with E-state index < -0.39 is 0 Å². The van der Waals surface area contributed by atoms with Crippen molar-refractivity contribution in [1.82, 2.24) is 4.90 Å². The van der Waals surface area contributed by atoms with Gasteiger partial charge in [-0.3, -0.25) is 0 Å². The number of hydrogen-bond acceptors (Lipinski definition) is 2. The topological polar surface area (TPSA) is 29.5 Å². The normalized spacial score (nSPS) is 16.8. The largest absolute Gasteiger partial charge is 0.448 e. The highest BCUT2D eigenvalue weighted by Crippen LogP contribution is 2.06. The summed E-state index contributed by atoms with van der Waals surface area (Å²) in [6, 6.07) is 0. The van der Waals surface area contributed by atoms with Gasteiger partial charge in [0.1, 0.15) is 6.61 Å². The minimum atomic E-state index is -0.267. The van der Waals surface area contributed by atoms with E-state index in [2.05, 4.69) is 6.58 Å². The Bertz CT molecular complexity index is 181. The van der Waals surface area contributed by atoms with Crippen molar-refractivity contribution in [1.29, 1.82) is 0 Å². The van der Waals surface area contributed by atoms with Gasteiger partial charge in [0.25, 0.3) is 0 Å². The van der Waals surface area contributed by atoms with Gasteiger partial charge in [-0.1, -0.05) is 6.58 Å². The van der Waals surface area contributed by atoms with Crippen LogP contribution in [0.25, 0.3) is 0 Å². The first kappa shape index (κ1) is 8.40. The number of cyclic esters (lactones) is 1. The Labute approximate surface area is 70.6 Å². The molecule has 3 nitrogen and oxygen atoms in total. The first-order valence-corrected chi connectivity index (χ1v) is 3.92. The summed E-state index contributed by atoms with van der Waals surface area (Å²) in [7, 11) is 0. The lowest BCUT2D eigenvalue weighted by Crippen LogP contribution is -2.26. The van der Waals surface area contributed by atoms with Crippen LogP contribution in [0.15, 0.2) is 12.2 Å². The van der Waals surface area contributed by atoms with Gasteiger partial charge in [0.05, 0.1) is 6.54 Å². The zero-order valence-electron chi connectivity index (χ0n) is 6.18. The molecule has 1 fully saturated rings. The number of rotatable bonds is 3. The Morgan fingerprint density at radius 3 is 3.00 bits per heavy atom. The highest BCUT2D eigenvalue weighted by molar-refractivity contribution is 6.19. The molecule has 1 saturated heterocycles. The molecule has 0 unspecified atom stereocenters. The van der Waals surface area contributed by atoms with Crippen LogP contribution in [0.5, 0.6) is 0 Å². The first-order valence-electron chi connectivity index (χ1n) is 3.38. The minimum absolute atomic E-state index is 0.267. The standard InChI is InChI=1S/C7H10ClNO2/c1-6(4-8)5-9-2-3-11-7(9)10/h1-5H2. The molecule has 4 heteroatoms. The smallest absolute Gasteiger partial charge is 0.410 e. The number of hydrogen-bond donors (Lipinski definition) is 0. The molecular formula is C7H10ClNO2. The number of carbonyl (C=O) groups excluding carboxylic acids is 1. The summed E-state index contributed by atoms with van der Waals surface area (Å²) in [5.74, 6) is 0.393. The second-order valence-corrected chi connectivity index (χ2v) is 2.69. The van der Waals surface area contributed by atoms with Gasteiger partial charge in [0, 0.05) is 12.4 Å². The van der Waals surface area contributed by atoms with Crippen LogP contribution in [0, 0.1) is 0 Å². The lowest BCUT2D eigenvalue weighted by molar-refractivity contribution is 0.160. The number of nitrogens with zero attached hydrogens (tertiary/aromatic N) is 1. The van der Waals surface area contributed by atoms with E-state index in [1.54, 1.807) is 4.90 Å². The maximum absolute atomic E-state index is 10.8. The molecule has 1 aliphatic rings. The molecule has 1 heterocycles. The van der Waals surface area contributed by atoms with E-state index in [0.717, 1.165) is 5.57 Å². The first-order chi connectivity index (χ1) is 5.24. The number of carbonyl (C=O) groups is 1. The van der Waals surface area contributed by atoms with Crippen LogP contribution in [-0.4, -0.2) is 36.6 Å². The SMILES string of the molecule is C=C(CCl)CN1CCOC1=O. The quantitative estimate of drug-likeness (QED) is 0.477. The summed E-state index contributed by atoms with van der Waals surface area (Å²) in [6.45, 7) is 5.33. The third-order valence-electron chi connectivity index (χ3n) is 1.45. The van der Waals surface area contributed by atoms with Gasteiger partial charge in [0.2, 0.25) is 0 Å². The van der Waals surface area contributed by atoms with Crippen LogP contribution >= 0.6 is 11.6 Å². The fourth-order valence-corrected chi connectivity index (χ4v) is 0.966. The Morgan fingerprint density at radius 2 is 2.55 bits per heavy atom. The molecule has 0 radical (unpaired) electrons. The molecule has 0 bridgehead atoms. The summed E-state index contributed by atoms with van der Waals surface area (Å²) in [5.41, 5.74) is 0.838. The van der Waals surface area contributed by atoms with Crippen LogP contribution in [0.2, 0.25) is 0 Å². The van der Waals surface area contributed by atoms with Gasteiger partial charge in [0.15, 0.2) is 0 Å². The Balaban J connectivity index is 2.36. The van der Waals surface area contributed by atoms with Gasteiger partial charge in [-0.15, -0.1) is 11.6 Å². The van der Waals surface area contributed by atoms with Crippen molar-refractivity contribution in [2.75, 3.05) is 25.6 Å². The van der Waals surface area contributed by atoms with Crippen molar-refractivity contribution in [2.45, 2.75) is 0 Å². The zero-order chi connectivity index (χ0) is 8.27. The third kappa shape index (κ3) is 2.12. The summed E-state index contributed by atoms with van der Waals surface area (Å²) in [6.07, 6.45) is -0.267. The Hall–Kier alpha value is -0.700. The van der Waals surface area contributed by atoms with E-state index in [9.17, 15) is 4.79 Å². The molecule has 62 valence electrons. The van der Waals surface area contributed by atoms with E-state index in [-0.39, 0.29) is 6.09 Å². The van der Waals surface area contributed by atoms with Crippen LogP contribution in [0.4, 0.5) is 4.79 Å². The second-order valence-electron chi connectivity index (χ2n) is 2.42. The molecule has 0 N–H and O–H groups in total. The van der Waals surface area contributed by atoms with Crippen molar-refractivity contribution in [3.05, 3.63) is 12.2 Å². The molecule has 0 atom stereocenters. The number of halogens is 1. The maximum Gasteiger partial charge on any atom is 0.410 e. The van der Waals surface area contributed by atoms with Crippen LogP contribution in [0.3, 0.4) is 0 Å². The van der Waals surface area contributed by atoms with Gasteiger partial charge >= 0.3 is 6.09 Å². The highest BCUT2D eigenvalue weighted by atomic mass is 35.5. The molecule has 11 heavy (non-hydrogen) atoms. The molecule has 0 aromatic carbocycles. The third-order valence-corrected chi connectivity index (χ3v) is 1.83.